The van der Waals surface area contributed by atoms with Crippen LogP contribution in [0.15, 0.2) is 112 Å². The van der Waals surface area contributed by atoms with Crippen molar-refractivity contribution in [2.45, 2.75) is 11.8 Å². The summed E-state index contributed by atoms with van der Waals surface area (Å²) in [6.07, 6.45) is 1.63. The first-order valence-electron chi connectivity index (χ1n) is 11.6. The third-order valence-corrected chi connectivity index (χ3v) is 8.39. The van der Waals surface area contributed by atoms with Gasteiger partial charge in [0.2, 0.25) is 0 Å². The average Bonchev–Trinajstić information content (AvgIpc) is 3.21. The van der Waals surface area contributed by atoms with Crippen molar-refractivity contribution in [3.05, 3.63) is 123 Å². The number of aliphatic imine (C=N–C) groups is 1. The first-order valence-corrected chi connectivity index (χ1v) is 14.6. The molecule has 0 radical (unpaired) electrons. The molecule has 0 aliphatic carbocycles. The van der Waals surface area contributed by atoms with E-state index in [0.29, 0.717) is 27.0 Å². The summed E-state index contributed by atoms with van der Waals surface area (Å²) >= 11 is 14.0. The Kier molecular flexibility index (Phi) is 7.81. The molecule has 1 fully saturated rings. The molecule has 0 bridgehead atoms. The van der Waals surface area contributed by atoms with Crippen molar-refractivity contribution < 1.29 is 17.4 Å². The Balaban J connectivity index is 1.47. The lowest BCUT2D eigenvalue weighted by Crippen LogP contribution is -2.28. The van der Waals surface area contributed by atoms with Crippen molar-refractivity contribution in [2.24, 2.45) is 4.99 Å². The molecule has 0 aromatic heterocycles. The van der Waals surface area contributed by atoms with Crippen LogP contribution in [0.5, 0.6) is 5.75 Å². The molecule has 0 atom stereocenters. The Morgan fingerprint density at radius 2 is 1.46 bits per heavy atom. The van der Waals surface area contributed by atoms with Gasteiger partial charge in [-0.15, -0.1) is 0 Å². The molecule has 1 amide bonds. The van der Waals surface area contributed by atoms with Crippen LogP contribution in [0.25, 0.3) is 6.08 Å². The molecule has 4 aromatic rings. The Bertz CT molecular complexity index is 1680. The summed E-state index contributed by atoms with van der Waals surface area (Å²) in [5.41, 5.74) is 2.78. The minimum Gasteiger partial charge on any atom is -0.376 e. The zero-order valence-electron chi connectivity index (χ0n) is 20.4. The molecule has 1 aliphatic heterocycles. The molecule has 0 unspecified atom stereocenters. The molecular weight excluding hydrogens is 575 g/mol. The molecular formula is C29H20Cl2N2O4S2. The van der Waals surface area contributed by atoms with Crippen molar-refractivity contribution in [3.8, 4) is 5.75 Å². The van der Waals surface area contributed by atoms with Crippen molar-refractivity contribution in [2.75, 3.05) is 4.90 Å². The van der Waals surface area contributed by atoms with Gasteiger partial charge in [-0.3, -0.25) is 9.69 Å². The molecule has 5 rings (SSSR count). The molecule has 0 spiro atoms. The van der Waals surface area contributed by atoms with E-state index in [-0.39, 0.29) is 26.6 Å². The fourth-order valence-electron chi connectivity index (χ4n) is 3.72. The number of thioether (sulfide) groups is 1. The summed E-state index contributed by atoms with van der Waals surface area (Å²) < 4.78 is 30.8. The van der Waals surface area contributed by atoms with Crippen LogP contribution in [0.1, 0.15) is 11.1 Å². The van der Waals surface area contributed by atoms with Gasteiger partial charge < -0.3 is 4.18 Å². The molecule has 1 saturated heterocycles. The van der Waals surface area contributed by atoms with E-state index < -0.39 is 10.1 Å². The first-order chi connectivity index (χ1) is 18.7. The second kappa shape index (κ2) is 11.3. The number of anilines is 1. The quantitative estimate of drug-likeness (QED) is 0.168. The third kappa shape index (κ3) is 6.04. The van der Waals surface area contributed by atoms with Gasteiger partial charge in [0.25, 0.3) is 5.91 Å². The number of hydrogen-bond acceptors (Lipinski definition) is 6. The highest BCUT2D eigenvalue weighted by Gasteiger charge is 2.35. The highest BCUT2D eigenvalue weighted by Crippen LogP contribution is 2.40. The standard InChI is InChI=1S/C29H20Cl2N2O4S2/c1-19-12-14-23(15-13-19)39(35,36)37-27-24(30)16-20(17-25(27)31)18-26-28(34)33(22-10-6-3-7-11-22)29(38-26)32-21-8-4-2-5-9-21/h2-18H,1H3/b26-18+,32-29?. The van der Waals surface area contributed by atoms with Crippen molar-refractivity contribution in [3.63, 3.8) is 0 Å². The SMILES string of the molecule is Cc1ccc(S(=O)(=O)Oc2c(Cl)cc(/C=C3/SC(=Nc4ccccc4)N(c4ccccc4)C3=O)cc2Cl)cc1. The molecule has 4 aromatic carbocycles. The van der Waals surface area contributed by atoms with Gasteiger partial charge in [-0.1, -0.05) is 77.3 Å². The van der Waals surface area contributed by atoms with Gasteiger partial charge in [-0.25, -0.2) is 4.99 Å². The topological polar surface area (TPSA) is 76.0 Å². The van der Waals surface area contributed by atoms with Crippen LogP contribution < -0.4 is 9.08 Å². The smallest absolute Gasteiger partial charge is 0.339 e. The Labute approximate surface area is 240 Å². The van der Waals surface area contributed by atoms with Gasteiger partial charge >= 0.3 is 10.1 Å². The largest absolute Gasteiger partial charge is 0.376 e. The van der Waals surface area contributed by atoms with Gasteiger partial charge in [-0.05, 0) is 78.9 Å². The molecule has 1 heterocycles. The number of carbonyl (C=O) groups excluding carboxylic acids is 1. The fourth-order valence-corrected chi connectivity index (χ4v) is 6.36. The number of halogens is 2. The van der Waals surface area contributed by atoms with E-state index >= 15 is 0 Å². The maximum atomic E-state index is 13.5. The summed E-state index contributed by atoms with van der Waals surface area (Å²) in [5, 5.41) is 0.460. The highest BCUT2D eigenvalue weighted by molar-refractivity contribution is 8.19. The van der Waals surface area contributed by atoms with Crippen LogP contribution in [0.4, 0.5) is 11.4 Å². The molecule has 196 valence electrons. The minimum absolute atomic E-state index is 0.0152. The zero-order chi connectivity index (χ0) is 27.6. The molecule has 0 N–H and O–H groups in total. The Morgan fingerprint density at radius 3 is 2.08 bits per heavy atom. The number of hydrogen-bond donors (Lipinski definition) is 0. The van der Waals surface area contributed by atoms with Crippen LogP contribution in [-0.2, 0) is 14.9 Å². The maximum absolute atomic E-state index is 13.5. The van der Waals surface area contributed by atoms with Crippen LogP contribution in [0.2, 0.25) is 10.0 Å². The first kappa shape index (κ1) is 27.0. The summed E-state index contributed by atoms with van der Waals surface area (Å²) in [6, 6.07) is 27.8. The predicted octanol–water partition coefficient (Wildman–Crippen LogP) is 7.88. The Morgan fingerprint density at radius 1 is 0.872 bits per heavy atom. The average molecular weight is 596 g/mol. The normalized spacial score (nSPS) is 15.8. The number of benzene rings is 4. The Hall–Kier alpha value is -3.56. The van der Waals surface area contributed by atoms with Crippen molar-refractivity contribution >= 4 is 73.6 Å². The van der Waals surface area contributed by atoms with Crippen LogP contribution in [0, 0.1) is 6.92 Å². The van der Waals surface area contributed by atoms with Crippen molar-refractivity contribution in [1.82, 2.24) is 0 Å². The molecule has 39 heavy (non-hydrogen) atoms. The van der Waals surface area contributed by atoms with Gasteiger partial charge in [0.05, 0.1) is 26.3 Å². The molecule has 1 aliphatic rings. The number of aryl methyl sites for hydroxylation is 1. The van der Waals surface area contributed by atoms with E-state index in [1.807, 2.05) is 67.6 Å². The predicted molar refractivity (Wildman–Crippen MR) is 158 cm³/mol. The molecule has 10 heteroatoms. The fraction of sp³-hybridized carbons (Fsp3) is 0.0345. The van der Waals surface area contributed by atoms with E-state index in [0.717, 1.165) is 5.56 Å². The lowest BCUT2D eigenvalue weighted by molar-refractivity contribution is -0.113. The monoisotopic (exact) mass is 594 g/mol. The minimum atomic E-state index is -4.16. The summed E-state index contributed by atoms with van der Waals surface area (Å²) in [6.45, 7) is 1.85. The van der Waals surface area contributed by atoms with Gasteiger partial charge in [0.1, 0.15) is 4.90 Å². The van der Waals surface area contributed by atoms with E-state index in [1.165, 1.54) is 36.0 Å². The van der Waals surface area contributed by atoms with E-state index in [2.05, 4.69) is 4.99 Å². The summed E-state index contributed by atoms with van der Waals surface area (Å²) in [7, 11) is -4.16. The van der Waals surface area contributed by atoms with E-state index in [4.69, 9.17) is 27.4 Å². The van der Waals surface area contributed by atoms with Crippen molar-refractivity contribution in [1.29, 1.82) is 0 Å². The number of para-hydroxylation sites is 2. The number of amides is 1. The summed E-state index contributed by atoms with van der Waals surface area (Å²) in [5.74, 6) is -0.459. The second-order valence-corrected chi connectivity index (χ2v) is 11.9. The third-order valence-electron chi connectivity index (χ3n) is 5.62. The lowest BCUT2D eigenvalue weighted by Gasteiger charge is -2.15. The highest BCUT2D eigenvalue weighted by atomic mass is 35.5. The van der Waals surface area contributed by atoms with Gasteiger partial charge in [0.15, 0.2) is 10.9 Å². The van der Waals surface area contributed by atoms with E-state index in [9.17, 15) is 13.2 Å². The summed E-state index contributed by atoms with van der Waals surface area (Å²) in [4.78, 5) is 20.1. The van der Waals surface area contributed by atoms with Crippen LogP contribution in [-0.4, -0.2) is 19.5 Å². The second-order valence-electron chi connectivity index (χ2n) is 8.48. The van der Waals surface area contributed by atoms with Gasteiger partial charge in [-0.2, -0.15) is 8.42 Å². The van der Waals surface area contributed by atoms with E-state index in [1.54, 1.807) is 23.1 Å². The number of nitrogens with zero attached hydrogens (tertiary/aromatic N) is 2. The van der Waals surface area contributed by atoms with Gasteiger partial charge in [0, 0.05) is 0 Å². The zero-order valence-corrected chi connectivity index (χ0v) is 23.6. The molecule has 6 nitrogen and oxygen atoms in total. The van der Waals surface area contributed by atoms with Crippen LogP contribution in [0.3, 0.4) is 0 Å². The van der Waals surface area contributed by atoms with Crippen LogP contribution >= 0.6 is 35.0 Å². The number of amidine groups is 1. The maximum Gasteiger partial charge on any atom is 0.339 e. The number of rotatable bonds is 6. The number of carbonyl (C=O) groups is 1. The lowest BCUT2D eigenvalue weighted by atomic mass is 10.2. The molecule has 0 saturated carbocycles.